The zero-order valence-electron chi connectivity index (χ0n) is 17.1. The van der Waals surface area contributed by atoms with E-state index in [1.54, 1.807) is 4.90 Å². The van der Waals surface area contributed by atoms with Crippen LogP contribution < -0.4 is 0 Å². The van der Waals surface area contributed by atoms with Gasteiger partial charge in [0.05, 0.1) is 10.6 Å². The van der Waals surface area contributed by atoms with E-state index in [1.165, 1.54) is 11.8 Å². The highest BCUT2D eigenvalue weighted by atomic mass is 32.2. The Balaban J connectivity index is 1.71. The number of carbonyl (C=O) groups excluding carboxylic acids is 1. The number of benzene rings is 2. The number of amides is 1. The first-order valence-corrected chi connectivity index (χ1v) is 11.2. The first kappa shape index (κ1) is 19.8. The summed E-state index contributed by atoms with van der Waals surface area (Å²) >= 11 is 6.73. The second-order valence-electron chi connectivity index (χ2n) is 7.31. The molecule has 1 amide bonds. The van der Waals surface area contributed by atoms with Crippen molar-refractivity contribution < 1.29 is 4.79 Å². The Morgan fingerprint density at radius 3 is 2.55 bits per heavy atom. The minimum atomic E-state index is -0.0474. The fourth-order valence-corrected chi connectivity index (χ4v) is 5.23. The molecule has 1 saturated heterocycles. The summed E-state index contributed by atoms with van der Waals surface area (Å²) < 4.78 is 4.57. The van der Waals surface area contributed by atoms with Crippen LogP contribution in [0.15, 0.2) is 71.9 Å². The van der Waals surface area contributed by atoms with Crippen LogP contribution in [0.25, 0.3) is 33.9 Å². The fraction of sp³-hybridized carbons (Fsp3) is 0.125. The number of thiocarbonyl (C=S) groups is 1. The molecule has 31 heavy (non-hydrogen) atoms. The summed E-state index contributed by atoms with van der Waals surface area (Å²) in [6.45, 7) is 2.50. The smallest absolute Gasteiger partial charge is 0.266 e. The molecular formula is C24H20N4OS2. The van der Waals surface area contributed by atoms with Gasteiger partial charge in [-0.3, -0.25) is 9.69 Å². The van der Waals surface area contributed by atoms with Crippen LogP contribution >= 0.6 is 24.0 Å². The van der Waals surface area contributed by atoms with E-state index in [2.05, 4.69) is 22.9 Å². The molecule has 0 spiro atoms. The Hall–Kier alpha value is -3.16. The van der Waals surface area contributed by atoms with Crippen LogP contribution in [0.5, 0.6) is 0 Å². The van der Waals surface area contributed by atoms with Crippen molar-refractivity contribution in [2.75, 3.05) is 6.54 Å². The topological polar surface area (TPSA) is 43.1 Å². The molecule has 0 radical (unpaired) electrons. The second-order valence-corrected chi connectivity index (χ2v) is 8.99. The minimum Gasteiger partial charge on any atom is -0.350 e. The van der Waals surface area contributed by atoms with Crippen LogP contribution in [0, 0.1) is 0 Å². The average Bonchev–Trinajstić information content (AvgIpc) is 3.43. The number of hydrogen-bond donors (Lipinski definition) is 0. The van der Waals surface area contributed by atoms with Crippen molar-refractivity contribution >= 4 is 51.2 Å². The number of para-hydroxylation sites is 2. The SMILES string of the molecule is CCN1C(=O)/C(=C/c2cn(-c3ccccc3)nc2-c2cn(C)c3ccccc23)SC1=S. The van der Waals surface area contributed by atoms with Gasteiger partial charge in [0, 0.05) is 48.0 Å². The van der Waals surface area contributed by atoms with Crippen molar-refractivity contribution in [3.8, 4) is 16.9 Å². The third-order valence-electron chi connectivity index (χ3n) is 5.39. The van der Waals surface area contributed by atoms with Gasteiger partial charge < -0.3 is 4.57 Å². The predicted molar refractivity (Wildman–Crippen MR) is 131 cm³/mol. The first-order chi connectivity index (χ1) is 15.1. The van der Waals surface area contributed by atoms with Crippen molar-refractivity contribution in [3.63, 3.8) is 0 Å². The summed E-state index contributed by atoms with van der Waals surface area (Å²) in [7, 11) is 2.03. The molecular weight excluding hydrogens is 424 g/mol. The zero-order valence-corrected chi connectivity index (χ0v) is 18.8. The summed E-state index contributed by atoms with van der Waals surface area (Å²) in [6, 6.07) is 18.3. The second kappa shape index (κ2) is 7.83. The quantitative estimate of drug-likeness (QED) is 0.318. The maximum Gasteiger partial charge on any atom is 0.266 e. The largest absolute Gasteiger partial charge is 0.350 e. The molecule has 1 fully saturated rings. The molecule has 1 aliphatic rings. The lowest BCUT2D eigenvalue weighted by atomic mass is 10.1. The molecule has 3 heterocycles. The molecule has 0 bridgehead atoms. The van der Waals surface area contributed by atoms with E-state index in [9.17, 15) is 4.79 Å². The standard InChI is InChI=1S/C24H20N4OS2/c1-3-27-23(29)21(31-24(27)30)13-16-14-28(17-9-5-4-6-10-17)25-22(16)19-15-26(2)20-12-8-7-11-18(19)20/h4-15H,3H2,1-2H3/b21-13-. The summed E-state index contributed by atoms with van der Waals surface area (Å²) in [6.07, 6.45) is 5.99. The molecule has 5 nitrogen and oxygen atoms in total. The predicted octanol–water partition coefficient (Wildman–Crippen LogP) is 5.25. The van der Waals surface area contributed by atoms with Gasteiger partial charge in [-0.2, -0.15) is 5.10 Å². The molecule has 0 N–H and O–H groups in total. The fourth-order valence-electron chi connectivity index (χ4n) is 3.86. The van der Waals surface area contributed by atoms with E-state index in [1.807, 2.05) is 73.4 Å². The van der Waals surface area contributed by atoms with E-state index < -0.39 is 0 Å². The highest BCUT2D eigenvalue weighted by molar-refractivity contribution is 8.26. The molecule has 0 unspecified atom stereocenters. The van der Waals surface area contributed by atoms with Gasteiger partial charge in [-0.1, -0.05) is 60.4 Å². The van der Waals surface area contributed by atoms with Crippen LogP contribution in [-0.4, -0.2) is 36.0 Å². The number of aromatic nitrogens is 3. The van der Waals surface area contributed by atoms with Crippen molar-refractivity contribution in [1.82, 2.24) is 19.2 Å². The van der Waals surface area contributed by atoms with Crippen LogP contribution in [0.3, 0.4) is 0 Å². The molecule has 154 valence electrons. The Labute approximate surface area is 190 Å². The highest BCUT2D eigenvalue weighted by Gasteiger charge is 2.31. The van der Waals surface area contributed by atoms with E-state index in [4.69, 9.17) is 17.3 Å². The van der Waals surface area contributed by atoms with E-state index in [0.29, 0.717) is 15.8 Å². The van der Waals surface area contributed by atoms with Crippen molar-refractivity contribution in [2.24, 2.45) is 7.05 Å². The third-order valence-corrected chi connectivity index (χ3v) is 6.77. The van der Waals surface area contributed by atoms with Crippen molar-refractivity contribution in [3.05, 3.63) is 77.5 Å². The molecule has 5 rings (SSSR count). The normalized spacial score (nSPS) is 15.5. The Morgan fingerprint density at radius 1 is 1.06 bits per heavy atom. The maximum atomic E-state index is 12.8. The number of rotatable bonds is 4. The lowest BCUT2D eigenvalue weighted by Crippen LogP contribution is -2.27. The molecule has 0 atom stereocenters. The number of carbonyl (C=O) groups is 1. The molecule has 4 aromatic rings. The van der Waals surface area contributed by atoms with Gasteiger partial charge in [0.2, 0.25) is 0 Å². The van der Waals surface area contributed by atoms with Gasteiger partial charge in [-0.05, 0) is 31.2 Å². The molecule has 0 aliphatic carbocycles. The lowest BCUT2D eigenvalue weighted by Gasteiger charge is -2.09. The molecule has 1 aliphatic heterocycles. The number of aryl methyl sites for hydroxylation is 1. The monoisotopic (exact) mass is 444 g/mol. The van der Waals surface area contributed by atoms with Gasteiger partial charge in [-0.25, -0.2) is 4.68 Å². The summed E-state index contributed by atoms with van der Waals surface area (Å²) in [5.74, 6) is -0.0474. The van der Waals surface area contributed by atoms with E-state index >= 15 is 0 Å². The summed E-state index contributed by atoms with van der Waals surface area (Å²) in [5, 5.41) is 6.06. The Morgan fingerprint density at radius 2 is 1.81 bits per heavy atom. The molecule has 2 aromatic heterocycles. The van der Waals surface area contributed by atoms with E-state index in [0.717, 1.165) is 33.4 Å². The Bertz CT molecular complexity index is 1350. The number of fused-ring (bicyclic) bond motifs is 1. The minimum absolute atomic E-state index is 0.0474. The van der Waals surface area contributed by atoms with Crippen LogP contribution in [0.1, 0.15) is 12.5 Å². The number of nitrogens with zero attached hydrogens (tertiary/aromatic N) is 4. The van der Waals surface area contributed by atoms with Crippen LogP contribution in [-0.2, 0) is 11.8 Å². The zero-order chi connectivity index (χ0) is 21.5. The maximum absolute atomic E-state index is 12.8. The molecule has 0 saturated carbocycles. The van der Waals surface area contributed by atoms with Gasteiger partial charge in [0.1, 0.15) is 10.0 Å². The highest BCUT2D eigenvalue weighted by Crippen LogP contribution is 2.36. The van der Waals surface area contributed by atoms with Crippen molar-refractivity contribution in [2.45, 2.75) is 6.92 Å². The van der Waals surface area contributed by atoms with Gasteiger partial charge >= 0.3 is 0 Å². The molecule has 2 aromatic carbocycles. The van der Waals surface area contributed by atoms with Gasteiger partial charge in [-0.15, -0.1) is 0 Å². The van der Waals surface area contributed by atoms with Crippen molar-refractivity contribution in [1.29, 1.82) is 0 Å². The summed E-state index contributed by atoms with van der Waals surface area (Å²) in [5.41, 5.74) is 4.85. The van der Waals surface area contributed by atoms with Gasteiger partial charge in [0.25, 0.3) is 5.91 Å². The third kappa shape index (κ3) is 3.40. The molecule has 7 heteroatoms. The lowest BCUT2D eigenvalue weighted by molar-refractivity contribution is -0.121. The van der Waals surface area contributed by atoms with Crippen LogP contribution in [0.4, 0.5) is 0 Å². The number of likely N-dealkylation sites (N-methyl/N-ethyl adjacent to an activating group) is 1. The number of thioether (sulfide) groups is 1. The first-order valence-electron chi connectivity index (χ1n) is 10.0. The summed E-state index contributed by atoms with van der Waals surface area (Å²) in [4.78, 5) is 15.1. The average molecular weight is 445 g/mol. The van der Waals surface area contributed by atoms with Gasteiger partial charge in [0.15, 0.2) is 0 Å². The van der Waals surface area contributed by atoms with Crippen LogP contribution in [0.2, 0.25) is 0 Å². The number of hydrogen-bond acceptors (Lipinski definition) is 4. The Kier molecular flexibility index (Phi) is 5.00. The van der Waals surface area contributed by atoms with E-state index in [-0.39, 0.29) is 5.91 Å².